The third-order valence-electron chi connectivity index (χ3n) is 1.29. The van der Waals surface area contributed by atoms with Gasteiger partial charge in [-0.2, -0.15) is 11.8 Å². The molecule has 0 fully saturated rings. The standard InChI is InChI=1S/C9H17ClO2S/c1-8(2)7-9(11)12-4-6-13-5-3-10/h8H,3-7H2,1-2H3. The Hall–Kier alpha value is 0.110. The number of rotatable bonds is 7. The molecule has 0 atom stereocenters. The summed E-state index contributed by atoms with van der Waals surface area (Å²) in [5.74, 6) is 2.70. The molecule has 0 aromatic carbocycles. The molecule has 0 amide bonds. The molecule has 2 nitrogen and oxygen atoms in total. The quantitative estimate of drug-likeness (QED) is 0.378. The van der Waals surface area contributed by atoms with Crippen LogP contribution in [0.25, 0.3) is 0 Å². The maximum absolute atomic E-state index is 11.0. The van der Waals surface area contributed by atoms with E-state index in [9.17, 15) is 4.79 Å². The summed E-state index contributed by atoms with van der Waals surface area (Å²) in [4.78, 5) is 11.0. The Morgan fingerprint density at radius 3 is 2.69 bits per heavy atom. The van der Waals surface area contributed by atoms with Crippen molar-refractivity contribution in [2.24, 2.45) is 5.92 Å². The molecular weight excluding hydrogens is 208 g/mol. The average Bonchev–Trinajstić information content (AvgIpc) is 2.02. The second kappa shape index (κ2) is 8.70. The molecule has 0 aromatic heterocycles. The topological polar surface area (TPSA) is 26.3 Å². The van der Waals surface area contributed by atoms with Gasteiger partial charge in [-0.15, -0.1) is 11.6 Å². The van der Waals surface area contributed by atoms with Gasteiger partial charge in [-0.05, 0) is 5.92 Å². The lowest BCUT2D eigenvalue weighted by molar-refractivity contribution is -0.143. The van der Waals surface area contributed by atoms with E-state index in [0.717, 1.165) is 11.5 Å². The van der Waals surface area contributed by atoms with E-state index in [1.807, 2.05) is 13.8 Å². The normalized spacial score (nSPS) is 10.5. The molecule has 0 saturated heterocycles. The highest BCUT2D eigenvalue weighted by Gasteiger charge is 2.04. The fourth-order valence-corrected chi connectivity index (χ4v) is 1.61. The number of hydrogen-bond donors (Lipinski definition) is 0. The minimum absolute atomic E-state index is 0.0959. The Morgan fingerprint density at radius 1 is 1.46 bits per heavy atom. The van der Waals surface area contributed by atoms with Crippen molar-refractivity contribution < 1.29 is 9.53 Å². The van der Waals surface area contributed by atoms with Crippen LogP contribution in [0.1, 0.15) is 20.3 Å². The molecule has 0 aliphatic carbocycles. The van der Waals surface area contributed by atoms with E-state index in [4.69, 9.17) is 16.3 Å². The molecule has 0 unspecified atom stereocenters. The Balaban J connectivity index is 3.17. The Bertz CT molecular complexity index is 140. The monoisotopic (exact) mass is 224 g/mol. The third kappa shape index (κ3) is 10.0. The molecule has 0 aliphatic rings. The molecule has 0 aliphatic heterocycles. The molecular formula is C9H17ClO2S. The van der Waals surface area contributed by atoms with Crippen molar-refractivity contribution in [3.63, 3.8) is 0 Å². The highest BCUT2D eigenvalue weighted by Crippen LogP contribution is 2.03. The molecule has 0 radical (unpaired) electrons. The molecule has 0 spiro atoms. The fourth-order valence-electron chi connectivity index (χ4n) is 0.763. The number of thioether (sulfide) groups is 1. The van der Waals surface area contributed by atoms with Gasteiger partial charge in [-0.25, -0.2) is 0 Å². The van der Waals surface area contributed by atoms with E-state index >= 15 is 0 Å². The van der Waals surface area contributed by atoms with E-state index in [1.54, 1.807) is 11.8 Å². The molecule has 4 heteroatoms. The summed E-state index contributed by atoms with van der Waals surface area (Å²) < 4.78 is 5.00. The van der Waals surface area contributed by atoms with Crippen LogP contribution in [0.2, 0.25) is 0 Å². The Labute approximate surface area is 89.4 Å². The van der Waals surface area contributed by atoms with E-state index in [0.29, 0.717) is 24.8 Å². The predicted octanol–water partition coefficient (Wildman–Crippen LogP) is 2.55. The van der Waals surface area contributed by atoms with E-state index in [-0.39, 0.29) is 5.97 Å². The van der Waals surface area contributed by atoms with Gasteiger partial charge in [0.15, 0.2) is 0 Å². The molecule has 78 valence electrons. The molecule has 0 bridgehead atoms. The molecule has 0 aromatic rings. The van der Waals surface area contributed by atoms with Gasteiger partial charge in [-0.1, -0.05) is 13.8 Å². The zero-order chi connectivity index (χ0) is 10.1. The first kappa shape index (κ1) is 13.1. The van der Waals surface area contributed by atoms with E-state index in [1.165, 1.54) is 0 Å². The largest absolute Gasteiger partial charge is 0.465 e. The number of hydrogen-bond acceptors (Lipinski definition) is 3. The Morgan fingerprint density at radius 2 is 2.15 bits per heavy atom. The van der Waals surface area contributed by atoms with Crippen LogP contribution in [-0.4, -0.2) is 30.0 Å². The number of esters is 1. The summed E-state index contributed by atoms with van der Waals surface area (Å²) in [6.45, 7) is 4.51. The van der Waals surface area contributed by atoms with Gasteiger partial charge in [0.1, 0.15) is 6.61 Å². The molecule has 0 rings (SSSR count). The van der Waals surface area contributed by atoms with Gasteiger partial charge in [-0.3, -0.25) is 4.79 Å². The van der Waals surface area contributed by atoms with Gasteiger partial charge >= 0.3 is 5.97 Å². The zero-order valence-corrected chi connectivity index (χ0v) is 9.79. The van der Waals surface area contributed by atoms with Crippen molar-refractivity contribution in [3.8, 4) is 0 Å². The van der Waals surface area contributed by atoms with Gasteiger partial charge in [0.05, 0.1) is 0 Å². The van der Waals surface area contributed by atoms with Crippen molar-refractivity contribution in [2.45, 2.75) is 20.3 Å². The highest BCUT2D eigenvalue weighted by atomic mass is 35.5. The lowest BCUT2D eigenvalue weighted by Gasteiger charge is -2.05. The summed E-state index contributed by atoms with van der Waals surface area (Å²) in [6, 6.07) is 0. The van der Waals surface area contributed by atoms with Crippen molar-refractivity contribution in [1.82, 2.24) is 0 Å². The van der Waals surface area contributed by atoms with Crippen molar-refractivity contribution in [3.05, 3.63) is 0 Å². The predicted molar refractivity (Wildman–Crippen MR) is 58.5 cm³/mol. The first-order valence-corrected chi connectivity index (χ1v) is 6.15. The number of halogens is 1. The first-order chi connectivity index (χ1) is 6.16. The molecule has 0 N–H and O–H groups in total. The van der Waals surface area contributed by atoms with Crippen molar-refractivity contribution in [1.29, 1.82) is 0 Å². The summed E-state index contributed by atoms with van der Waals surface area (Å²) in [6.07, 6.45) is 0.514. The minimum Gasteiger partial charge on any atom is -0.465 e. The lowest BCUT2D eigenvalue weighted by atomic mass is 10.1. The third-order valence-corrected chi connectivity index (χ3v) is 2.65. The van der Waals surface area contributed by atoms with Crippen molar-refractivity contribution >= 4 is 29.3 Å². The second-order valence-electron chi connectivity index (χ2n) is 3.12. The highest BCUT2D eigenvalue weighted by molar-refractivity contribution is 7.99. The van der Waals surface area contributed by atoms with Crippen LogP contribution in [0, 0.1) is 5.92 Å². The number of alkyl halides is 1. The van der Waals surface area contributed by atoms with Crippen LogP contribution in [0.5, 0.6) is 0 Å². The molecule has 13 heavy (non-hydrogen) atoms. The van der Waals surface area contributed by atoms with Gasteiger partial charge in [0.2, 0.25) is 0 Å². The zero-order valence-electron chi connectivity index (χ0n) is 8.22. The second-order valence-corrected chi connectivity index (χ2v) is 4.72. The molecule has 0 heterocycles. The maximum atomic E-state index is 11.0. The van der Waals surface area contributed by atoms with Crippen molar-refractivity contribution in [2.75, 3.05) is 24.0 Å². The maximum Gasteiger partial charge on any atom is 0.306 e. The smallest absolute Gasteiger partial charge is 0.306 e. The summed E-state index contributed by atoms with van der Waals surface area (Å²) in [5, 5.41) is 0. The van der Waals surface area contributed by atoms with Crippen LogP contribution in [0.4, 0.5) is 0 Å². The van der Waals surface area contributed by atoms with Gasteiger partial charge < -0.3 is 4.74 Å². The number of ether oxygens (including phenoxy) is 1. The minimum atomic E-state index is -0.0959. The number of carbonyl (C=O) groups is 1. The van der Waals surface area contributed by atoms with Crippen LogP contribution in [-0.2, 0) is 9.53 Å². The summed E-state index contributed by atoms with van der Waals surface area (Å²) in [7, 11) is 0. The molecule has 0 saturated carbocycles. The average molecular weight is 225 g/mol. The van der Waals surface area contributed by atoms with Crippen LogP contribution >= 0.6 is 23.4 Å². The van der Waals surface area contributed by atoms with Crippen LogP contribution in [0.3, 0.4) is 0 Å². The van der Waals surface area contributed by atoms with Gasteiger partial charge in [0.25, 0.3) is 0 Å². The number of carbonyl (C=O) groups excluding carboxylic acids is 1. The van der Waals surface area contributed by atoms with Crippen LogP contribution in [0.15, 0.2) is 0 Å². The van der Waals surface area contributed by atoms with E-state index in [2.05, 4.69) is 0 Å². The summed E-state index contributed by atoms with van der Waals surface area (Å²) in [5.41, 5.74) is 0. The van der Waals surface area contributed by atoms with Gasteiger partial charge in [0, 0.05) is 23.8 Å². The first-order valence-electron chi connectivity index (χ1n) is 4.46. The lowest BCUT2D eigenvalue weighted by Crippen LogP contribution is -2.10. The SMILES string of the molecule is CC(C)CC(=O)OCCSCCCl. The van der Waals surface area contributed by atoms with Crippen LogP contribution < -0.4 is 0 Å². The Kier molecular flexibility index (Phi) is 8.77. The fraction of sp³-hybridized carbons (Fsp3) is 0.889. The van der Waals surface area contributed by atoms with E-state index < -0.39 is 0 Å². The summed E-state index contributed by atoms with van der Waals surface area (Å²) >= 11 is 7.19.